The third kappa shape index (κ3) is 5.34. The standard InChI is InChI=1S/C17H24N2O4Si/c1-17(2,3)24(4,5)23-15(12-18-13-20)11-10-14-8-6-7-9-16(14)19(21)22/h6-13H,1-5H3,(H,18,20)/b11-10+,15-12+. The lowest BCUT2D eigenvalue weighted by Crippen LogP contribution is -2.40. The van der Waals surface area contributed by atoms with E-state index in [4.69, 9.17) is 4.43 Å². The van der Waals surface area contributed by atoms with Gasteiger partial charge in [-0.15, -0.1) is 0 Å². The van der Waals surface area contributed by atoms with Crippen molar-refractivity contribution in [1.29, 1.82) is 0 Å². The molecule has 0 saturated carbocycles. The molecule has 6 nitrogen and oxygen atoms in total. The number of hydrogen-bond acceptors (Lipinski definition) is 4. The molecule has 0 radical (unpaired) electrons. The first-order valence-electron chi connectivity index (χ1n) is 7.59. The summed E-state index contributed by atoms with van der Waals surface area (Å²) in [5.74, 6) is 0.465. The molecule has 0 atom stereocenters. The van der Waals surface area contributed by atoms with Crippen LogP contribution in [0.1, 0.15) is 26.3 Å². The van der Waals surface area contributed by atoms with Gasteiger partial charge in [-0.25, -0.2) is 0 Å². The highest BCUT2D eigenvalue weighted by Crippen LogP contribution is 2.38. The Hall–Kier alpha value is -2.41. The van der Waals surface area contributed by atoms with Crippen LogP contribution in [0.4, 0.5) is 5.69 Å². The highest BCUT2D eigenvalue weighted by molar-refractivity contribution is 6.74. The zero-order valence-electron chi connectivity index (χ0n) is 14.7. The van der Waals surface area contributed by atoms with E-state index >= 15 is 0 Å². The molecule has 1 aromatic carbocycles. The Bertz CT molecular complexity index is 661. The summed E-state index contributed by atoms with van der Waals surface area (Å²) >= 11 is 0. The molecule has 1 amide bonds. The van der Waals surface area contributed by atoms with E-state index in [-0.39, 0.29) is 10.7 Å². The van der Waals surface area contributed by atoms with Crippen LogP contribution in [0.3, 0.4) is 0 Å². The lowest BCUT2D eigenvalue weighted by molar-refractivity contribution is -0.385. The molecule has 0 saturated heterocycles. The topological polar surface area (TPSA) is 81.5 Å². The number of carbonyl (C=O) groups excluding carboxylic acids is 1. The average Bonchev–Trinajstić information content (AvgIpc) is 2.48. The third-order valence-electron chi connectivity index (χ3n) is 4.03. The van der Waals surface area contributed by atoms with E-state index in [1.54, 1.807) is 30.4 Å². The number of nitrogens with one attached hydrogen (secondary N) is 1. The molecular formula is C17H24N2O4Si. The number of benzene rings is 1. The molecule has 0 aliphatic heterocycles. The monoisotopic (exact) mass is 348 g/mol. The van der Waals surface area contributed by atoms with Gasteiger partial charge in [0.25, 0.3) is 14.0 Å². The van der Waals surface area contributed by atoms with Crippen molar-refractivity contribution < 1.29 is 14.1 Å². The van der Waals surface area contributed by atoms with Crippen LogP contribution in [0, 0.1) is 10.1 Å². The molecular weight excluding hydrogens is 324 g/mol. The lowest BCUT2D eigenvalue weighted by Gasteiger charge is -2.36. The zero-order chi connectivity index (χ0) is 18.4. The minimum atomic E-state index is -2.10. The maximum Gasteiger partial charge on any atom is 0.276 e. The first-order chi connectivity index (χ1) is 11.1. The third-order valence-corrected chi connectivity index (χ3v) is 8.39. The number of para-hydroxylation sites is 1. The second-order valence-corrected chi connectivity index (χ2v) is 11.6. The fraction of sp³-hybridized carbons (Fsp3) is 0.353. The van der Waals surface area contributed by atoms with Gasteiger partial charge in [-0.2, -0.15) is 0 Å². The van der Waals surface area contributed by atoms with Gasteiger partial charge in [0, 0.05) is 12.3 Å². The molecule has 24 heavy (non-hydrogen) atoms. The molecule has 0 aromatic heterocycles. The van der Waals surface area contributed by atoms with Gasteiger partial charge in [0.1, 0.15) is 5.76 Å². The minimum absolute atomic E-state index is 0.0140. The van der Waals surface area contributed by atoms with E-state index in [1.165, 1.54) is 12.3 Å². The van der Waals surface area contributed by atoms with Crippen molar-refractivity contribution >= 4 is 26.5 Å². The van der Waals surface area contributed by atoms with Crippen LogP contribution in [-0.4, -0.2) is 19.7 Å². The smallest absolute Gasteiger partial charge is 0.276 e. The molecule has 0 fully saturated rings. The number of carbonyl (C=O) groups is 1. The van der Waals surface area contributed by atoms with Crippen LogP contribution in [0.5, 0.6) is 0 Å². The summed E-state index contributed by atoms with van der Waals surface area (Å²) in [7, 11) is -2.10. The number of amides is 1. The Labute approximate surface area is 143 Å². The number of hydrogen-bond donors (Lipinski definition) is 1. The summed E-state index contributed by atoms with van der Waals surface area (Å²) in [5, 5.41) is 13.5. The highest BCUT2D eigenvalue weighted by atomic mass is 28.4. The van der Waals surface area contributed by atoms with Crippen molar-refractivity contribution in [3.8, 4) is 0 Å². The van der Waals surface area contributed by atoms with Crippen molar-refractivity contribution in [1.82, 2.24) is 5.32 Å². The van der Waals surface area contributed by atoms with Gasteiger partial charge in [-0.3, -0.25) is 14.9 Å². The molecule has 1 N–H and O–H groups in total. The second kappa shape index (κ2) is 7.92. The van der Waals surface area contributed by atoms with Crippen LogP contribution in [-0.2, 0) is 9.22 Å². The summed E-state index contributed by atoms with van der Waals surface area (Å²) in [6.07, 6.45) is 5.26. The summed E-state index contributed by atoms with van der Waals surface area (Å²) in [6, 6.07) is 6.45. The van der Waals surface area contributed by atoms with E-state index in [0.29, 0.717) is 17.7 Å². The molecule has 130 valence electrons. The summed E-state index contributed by atoms with van der Waals surface area (Å²) < 4.78 is 6.15. The number of nitro benzene ring substituents is 1. The van der Waals surface area contributed by atoms with E-state index in [9.17, 15) is 14.9 Å². The number of allylic oxidation sites excluding steroid dienone is 1. The summed E-state index contributed by atoms with van der Waals surface area (Å²) in [5.41, 5.74) is 0.488. The van der Waals surface area contributed by atoms with Crippen LogP contribution >= 0.6 is 0 Å². The first-order valence-corrected chi connectivity index (χ1v) is 10.5. The van der Waals surface area contributed by atoms with Crippen LogP contribution < -0.4 is 5.32 Å². The highest BCUT2D eigenvalue weighted by Gasteiger charge is 2.39. The Morgan fingerprint density at radius 1 is 1.29 bits per heavy atom. The van der Waals surface area contributed by atoms with Crippen LogP contribution in [0.15, 0.2) is 42.3 Å². The molecule has 0 unspecified atom stereocenters. The predicted molar refractivity (Wildman–Crippen MR) is 97.7 cm³/mol. The Morgan fingerprint density at radius 3 is 2.46 bits per heavy atom. The van der Waals surface area contributed by atoms with Crippen molar-refractivity contribution in [2.24, 2.45) is 0 Å². The molecule has 1 rings (SSSR count). The maximum atomic E-state index is 11.1. The summed E-state index contributed by atoms with van der Waals surface area (Å²) in [4.78, 5) is 21.2. The van der Waals surface area contributed by atoms with Crippen molar-refractivity contribution in [2.45, 2.75) is 38.9 Å². The van der Waals surface area contributed by atoms with Crippen LogP contribution in [0.2, 0.25) is 18.1 Å². The fourth-order valence-corrected chi connectivity index (χ4v) is 2.66. The summed E-state index contributed by atoms with van der Waals surface area (Å²) in [6.45, 7) is 10.5. The molecule has 0 aliphatic rings. The molecule has 0 bridgehead atoms. The van der Waals surface area contributed by atoms with E-state index in [2.05, 4.69) is 39.2 Å². The van der Waals surface area contributed by atoms with Gasteiger partial charge in [0.15, 0.2) is 0 Å². The van der Waals surface area contributed by atoms with Gasteiger partial charge in [0.05, 0.1) is 10.5 Å². The molecule has 0 heterocycles. The molecule has 1 aromatic rings. The fourth-order valence-electron chi connectivity index (χ4n) is 1.64. The van der Waals surface area contributed by atoms with Crippen LogP contribution in [0.25, 0.3) is 6.08 Å². The van der Waals surface area contributed by atoms with Gasteiger partial charge < -0.3 is 9.74 Å². The Morgan fingerprint density at radius 2 is 1.92 bits per heavy atom. The Balaban J connectivity index is 3.12. The number of rotatable bonds is 7. The molecule has 0 aliphatic carbocycles. The zero-order valence-corrected chi connectivity index (χ0v) is 15.7. The van der Waals surface area contributed by atoms with Gasteiger partial charge in [-0.05, 0) is 36.4 Å². The Kier molecular flexibility index (Phi) is 6.48. The van der Waals surface area contributed by atoms with Gasteiger partial charge >= 0.3 is 0 Å². The quantitative estimate of drug-likeness (QED) is 0.200. The predicted octanol–water partition coefficient (Wildman–Crippen LogP) is 4.22. The lowest BCUT2D eigenvalue weighted by atomic mass is 10.1. The van der Waals surface area contributed by atoms with E-state index < -0.39 is 13.2 Å². The van der Waals surface area contributed by atoms with Crippen molar-refractivity contribution in [2.75, 3.05) is 0 Å². The first kappa shape index (κ1) is 19.6. The van der Waals surface area contributed by atoms with Gasteiger partial charge in [-0.1, -0.05) is 32.9 Å². The average molecular weight is 348 g/mol. The second-order valence-electron chi connectivity index (χ2n) is 6.84. The maximum absolute atomic E-state index is 11.1. The van der Waals surface area contributed by atoms with Crippen molar-refractivity contribution in [3.63, 3.8) is 0 Å². The molecule has 0 spiro atoms. The largest absolute Gasteiger partial charge is 0.543 e. The van der Waals surface area contributed by atoms with Gasteiger partial charge in [0.2, 0.25) is 6.41 Å². The van der Waals surface area contributed by atoms with E-state index in [1.807, 2.05) is 0 Å². The minimum Gasteiger partial charge on any atom is -0.543 e. The normalized spacial score (nSPS) is 13.0. The number of nitrogens with zero attached hydrogens (tertiary/aromatic N) is 1. The number of nitro groups is 1. The van der Waals surface area contributed by atoms with E-state index in [0.717, 1.165) is 0 Å². The van der Waals surface area contributed by atoms with Crippen molar-refractivity contribution in [3.05, 3.63) is 58.0 Å². The SMILES string of the molecule is CC(C)(C)[Si](C)(C)OC(/C=C/c1ccccc1[N+](=O)[O-])=C/NC=O. The molecule has 7 heteroatoms.